The van der Waals surface area contributed by atoms with Crippen molar-refractivity contribution in [2.45, 2.75) is 57.9 Å². The minimum Gasteiger partial charge on any atom is -0.296 e. The Bertz CT molecular complexity index is 865. The van der Waals surface area contributed by atoms with Gasteiger partial charge in [0.2, 0.25) is 0 Å². The first-order valence-electron chi connectivity index (χ1n) is 8.65. The number of aryl methyl sites for hydroxylation is 2. The van der Waals surface area contributed by atoms with Gasteiger partial charge < -0.3 is 0 Å². The van der Waals surface area contributed by atoms with Gasteiger partial charge in [-0.3, -0.25) is 14.3 Å². The number of fused-ring (bicyclic) bond motifs is 1. The Hall–Kier alpha value is -1.88. The monoisotopic (exact) mass is 356 g/mol. The van der Waals surface area contributed by atoms with E-state index in [1.54, 1.807) is 4.68 Å². The average Bonchev–Trinajstić information content (AvgIpc) is 2.99. The molecule has 0 bridgehead atoms. The summed E-state index contributed by atoms with van der Waals surface area (Å²) in [4.78, 5) is 26.0. The van der Waals surface area contributed by atoms with Gasteiger partial charge in [0.15, 0.2) is 12.1 Å². The molecular formula is C20H24N2O2S. The number of thioether (sulfide) groups is 1. The molecule has 0 aliphatic carbocycles. The van der Waals surface area contributed by atoms with E-state index in [1.165, 1.54) is 16.7 Å². The lowest BCUT2D eigenvalue weighted by molar-refractivity contribution is 0.102. The van der Waals surface area contributed by atoms with Gasteiger partial charge in [-0.05, 0) is 61.1 Å². The van der Waals surface area contributed by atoms with Crippen LogP contribution < -0.4 is 0 Å². The molecule has 4 nitrogen and oxygen atoms in total. The maximum atomic E-state index is 13.2. The van der Waals surface area contributed by atoms with Gasteiger partial charge in [-0.2, -0.15) is 5.10 Å². The van der Waals surface area contributed by atoms with Gasteiger partial charge in [-0.25, -0.2) is 0 Å². The predicted octanol–water partition coefficient (Wildman–Crippen LogP) is 4.34. The lowest BCUT2D eigenvalue weighted by Crippen LogP contribution is -2.26. The first-order valence-corrected chi connectivity index (χ1v) is 9.63. The van der Waals surface area contributed by atoms with Crippen LogP contribution >= 0.6 is 11.8 Å². The number of hydrogen-bond donors (Lipinski definition) is 0. The Balaban J connectivity index is 2.19. The summed E-state index contributed by atoms with van der Waals surface area (Å²) in [6.45, 7) is 11.1. The number of rotatable bonds is 4. The summed E-state index contributed by atoms with van der Waals surface area (Å²) in [5.74, 6) is 0.989. The van der Waals surface area contributed by atoms with Crippen molar-refractivity contribution in [3.05, 3.63) is 45.8 Å². The zero-order valence-corrected chi connectivity index (χ0v) is 16.3. The predicted molar refractivity (Wildman–Crippen MR) is 101 cm³/mol. The molecule has 0 saturated carbocycles. The van der Waals surface area contributed by atoms with Crippen LogP contribution in [-0.2, 0) is 12.0 Å². The molecule has 1 aliphatic rings. The topological polar surface area (TPSA) is 52.0 Å². The highest BCUT2D eigenvalue weighted by atomic mass is 32.2. The number of aldehydes is 1. The summed E-state index contributed by atoms with van der Waals surface area (Å²) in [5.41, 5.74) is 4.93. The molecule has 5 heteroatoms. The van der Waals surface area contributed by atoms with Crippen molar-refractivity contribution < 1.29 is 9.59 Å². The number of aromatic nitrogens is 2. The number of benzene rings is 1. The number of nitrogens with zero attached hydrogens (tertiary/aromatic N) is 2. The summed E-state index contributed by atoms with van der Waals surface area (Å²) in [5, 5.41) is 4.18. The summed E-state index contributed by atoms with van der Waals surface area (Å²) >= 11 is 1.88. The molecule has 0 N–H and O–H groups in total. The van der Waals surface area contributed by atoms with Gasteiger partial charge in [-0.1, -0.05) is 13.8 Å². The van der Waals surface area contributed by atoms with Gasteiger partial charge in [0, 0.05) is 17.0 Å². The van der Waals surface area contributed by atoms with Gasteiger partial charge in [0.05, 0.1) is 11.8 Å². The fourth-order valence-corrected chi connectivity index (χ4v) is 5.43. The zero-order chi connectivity index (χ0) is 18.4. The molecule has 0 unspecified atom stereocenters. The second-order valence-corrected chi connectivity index (χ2v) is 8.36. The van der Waals surface area contributed by atoms with E-state index in [1.807, 2.05) is 31.7 Å². The van der Waals surface area contributed by atoms with E-state index in [4.69, 9.17) is 0 Å². The standard InChI is InChI=1S/C20H24N2O2S/c1-6-22-16(11-23)15(10-21-22)18(24)14-9-12(2)19-17(13(14)3)20(4,5)7-8-25-19/h9-11H,6-8H2,1-5H3. The summed E-state index contributed by atoms with van der Waals surface area (Å²) in [7, 11) is 0. The normalized spacial score (nSPS) is 15.7. The minimum atomic E-state index is -0.114. The number of ketones is 1. The van der Waals surface area contributed by atoms with E-state index in [2.05, 4.69) is 25.9 Å². The van der Waals surface area contributed by atoms with Crippen LogP contribution in [-0.4, -0.2) is 27.6 Å². The molecule has 0 fully saturated rings. The van der Waals surface area contributed by atoms with Crippen molar-refractivity contribution in [3.63, 3.8) is 0 Å². The van der Waals surface area contributed by atoms with E-state index in [0.717, 1.165) is 29.6 Å². The molecule has 1 aliphatic heterocycles. The summed E-state index contributed by atoms with van der Waals surface area (Å²) in [6.07, 6.45) is 3.34. The highest BCUT2D eigenvalue weighted by Crippen LogP contribution is 2.45. The molecule has 1 aromatic carbocycles. The van der Waals surface area contributed by atoms with Crippen LogP contribution in [0.25, 0.3) is 0 Å². The molecular weight excluding hydrogens is 332 g/mol. The molecule has 25 heavy (non-hydrogen) atoms. The summed E-state index contributed by atoms with van der Waals surface area (Å²) in [6, 6.07) is 1.97. The van der Waals surface area contributed by atoms with E-state index in [0.29, 0.717) is 23.4 Å². The molecule has 2 heterocycles. The van der Waals surface area contributed by atoms with Crippen LogP contribution in [0.5, 0.6) is 0 Å². The number of carbonyl (C=O) groups is 2. The van der Waals surface area contributed by atoms with E-state index < -0.39 is 0 Å². The maximum Gasteiger partial charge on any atom is 0.197 e. The highest BCUT2D eigenvalue weighted by Gasteiger charge is 2.33. The van der Waals surface area contributed by atoms with E-state index >= 15 is 0 Å². The zero-order valence-electron chi connectivity index (χ0n) is 15.5. The van der Waals surface area contributed by atoms with Crippen molar-refractivity contribution in [1.82, 2.24) is 9.78 Å². The van der Waals surface area contributed by atoms with E-state index in [9.17, 15) is 9.59 Å². The smallest absolute Gasteiger partial charge is 0.197 e. The Labute approximate surface area is 153 Å². The first-order chi connectivity index (χ1) is 11.8. The molecule has 0 radical (unpaired) electrons. The molecule has 1 aromatic heterocycles. The molecule has 0 spiro atoms. The van der Waals surface area contributed by atoms with E-state index in [-0.39, 0.29) is 11.2 Å². The Morgan fingerprint density at radius 2 is 2.08 bits per heavy atom. The Kier molecular flexibility index (Phi) is 4.62. The van der Waals surface area contributed by atoms with Crippen LogP contribution in [0.4, 0.5) is 0 Å². The molecule has 0 saturated heterocycles. The quantitative estimate of drug-likeness (QED) is 0.604. The largest absolute Gasteiger partial charge is 0.296 e. The molecule has 0 atom stereocenters. The van der Waals surface area contributed by atoms with Crippen molar-refractivity contribution >= 4 is 23.8 Å². The Morgan fingerprint density at radius 1 is 1.36 bits per heavy atom. The fraction of sp³-hybridized carbons (Fsp3) is 0.450. The van der Waals surface area contributed by atoms with Crippen LogP contribution in [0.1, 0.15) is 70.3 Å². The van der Waals surface area contributed by atoms with Crippen LogP contribution in [0.3, 0.4) is 0 Å². The van der Waals surface area contributed by atoms with Crippen molar-refractivity contribution in [2.24, 2.45) is 0 Å². The first kappa shape index (κ1) is 17.9. The van der Waals surface area contributed by atoms with Crippen LogP contribution in [0.2, 0.25) is 0 Å². The fourth-order valence-electron chi connectivity index (χ4n) is 3.75. The maximum absolute atomic E-state index is 13.2. The number of carbonyl (C=O) groups excluding carboxylic acids is 2. The van der Waals surface area contributed by atoms with Crippen molar-refractivity contribution in [2.75, 3.05) is 5.75 Å². The third-order valence-corrected chi connectivity index (χ3v) is 6.38. The van der Waals surface area contributed by atoms with Crippen molar-refractivity contribution in [1.29, 1.82) is 0 Å². The summed E-state index contributed by atoms with van der Waals surface area (Å²) < 4.78 is 1.57. The lowest BCUT2D eigenvalue weighted by atomic mass is 9.77. The molecule has 3 rings (SSSR count). The van der Waals surface area contributed by atoms with Gasteiger partial charge in [-0.15, -0.1) is 11.8 Å². The second-order valence-electron chi connectivity index (χ2n) is 7.26. The Morgan fingerprint density at radius 3 is 2.72 bits per heavy atom. The molecule has 132 valence electrons. The SMILES string of the molecule is CCn1ncc(C(=O)c2cc(C)c3c(c2C)C(C)(C)CCS3)c1C=O. The molecule has 2 aromatic rings. The van der Waals surface area contributed by atoms with Crippen LogP contribution in [0, 0.1) is 13.8 Å². The van der Waals surface area contributed by atoms with Crippen LogP contribution in [0.15, 0.2) is 17.2 Å². The second kappa shape index (κ2) is 6.45. The number of hydrogen-bond acceptors (Lipinski definition) is 4. The lowest BCUT2D eigenvalue weighted by Gasteiger charge is -2.35. The highest BCUT2D eigenvalue weighted by molar-refractivity contribution is 7.99. The van der Waals surface area contributed by atoms with Gasteiger partial charge >= 0.3 is 0 Å². The molecule has 0 amide bonds. The van der Waals surface area contributed by atoms with Crippen molar-refractivity contribution in [3.8, 4) is 0 Å². The third kappa shape index (κ3) is 2.84. The van der Waals surface area contributed by atoms with Gasteiger partial charge in [0.25, 0.3) is 0 Å². The average molecular weight is 356 g/mol. The van der Waals surface area contributed by atoms with Gasteiger partial charge in [0.1, 0.15) is 5.69 Å². The minimum absolute atomic E-state index is 0.0484. The third-order valence-electron chi connectivity index (χ3n) is 5.16.